The van der Waals surface area contributed by atoms with Gasteiger partial charge in [0.05, 0.1) is 19.4 Å². The van der Waals surface area contributed by atoms with Gasteiger partial charge in [-0.05, 0) is 17.7 Å². The molecule has 0 aliphatic heterocycles. The molecule has 0 heterocycles. The topological polar surface area (TPSA) is 32.7 Å². The Hall–Kier alpha value is -1.22. The lowest BCUT2D eigenvalue weighted by molar-refractivity contribution is 0.281. The molecule has 0 saturated heterocycles. The predicted octanol–water partition coefficient (Wildman–Crippen LogP) is 1.25. The molecule has 3 heteroatoms. The molecule has 0 aliphatic carbocycles. The van der Waals surface area contributed by atoms with Crippen LogP contribution < -0.4 is 9.64 Å². The average Bonchev–Trinajstić information content (AvgIpc) is 2.16. The number of aliphatic hydroxyl groups excluding tert-OH is 1. The lowest BCUT2D eigenvalue weighted by Crippen LogP contribution is -2.10. The second-order valence-corrected chi connectivity index (χ2v) is 3.06. The van der Waals surface area contributed by atoms with Crippen LogP contribution in [0.15, 0.2) is 18.2 Å². The zero-order valence-corrected chi connectivity index (χ0v) is 8.24. The van der Waals surface area contributed by atoms with Crippen LogP contribution in [0.5, 0.6) is 5.75 Å². The molecular weight excluding hydrogens is 166 g/mol. The maximum absolute atomic E-state index is 8.92. The first-order chi connectivity index (χ1) is 6.19. The zero-order valence-electron chi connectivity index (χ0n) is 8.24. The van der Waals surface area contributed by atoms with E-state index in [9.17, 15) is 0 Å². The number of anilines is 1. The van der Waals surface area contributed by atoms with E-state index in [1.807, 2.05) is 37.2 Å². The largest absolute Gasteiger partial charge is 0.495 e. The third-order valence-corrected chi connectivity index (χ3v) is 1.91. The summed E-state index contributed by atoms with van der Waals surface area (Å²) in [5.41, 5.74) is 1.88. The molecule has 0 bridgehead atoms. The first-order valence-electron chi connectivity index (χ1n) is 4.14. The van der Waals surface area contributed by atoms with Gasteiger partial charge in [-0.3, -0.25) is 0 Å². The molecule has 1 aromatic rings. The molecule has 0 aromatic heterocycles. The van der Waals surface area contributed by atoms with Crippen molar-refractivity contribution < 1.29 is 9.84 Å². The van der Waals surface area contributed by atoms with E-state index in [-0.39, 0.29) is 6.61 Å². The normalized spacial score (nSPS) is 9.85. The van der Waals surface area contributed by atoms with Crippen LogP contribution >= 0.6 is 0 Å². The zero-order chi connectivity index (χ0) is 9.84. The van der Waals surface area contributed by atoms with Gasteiger partial charge >= 0.3 is 0 Å². The van der Waals surface area contributed by atoms with E-state index >= 15 is 0 Å². The van der Waals surface area contributed by atoms with Crippen LogP contribution in [0.2, 0.25) is 0 Å². The van der Waals surface area contributed by atoms with Crippen LogP contribution in [-0.2, 0) is 6.61 Å². The van der Waals surface area contributed by atoms with Crippen LogP contribution in [0.4, 0.5) is 5.69 Å². The van der Waals surface area contributed by atoms with E-state index in [1.54, 1.807) is 7.11 Å². The molecule has 0 saturated carbocycles. The van der Waals surface area contributed by atoms with Crippen molar-refractivity contribution >= 4 is 5.69 Å². The average molecular weight is 181 g/mol. The third kappa shape index (κ3) is 2.12. The minimum Gasteiger partial charge on any atom is -0.495 e. The van der Waals surface area contributed by atoms with Crippen molar-refractivity contribution in [2.75, 3.05) is 26.1 Å². The fourth-order valence-corrected chi connectivity index (χ4v) is 1.19. The highest BCUT2D eigenvalue weighted by atomic mass is 16.5. The van der Waals surface area contributed by atoms with Gasteiger partial charge in [0, 0.05) is 14.1 Å². The van der Waals surface area contributed by atoms with E-state index in [0.717, 1.165) is 17.0 Å². The van der Waals surface area contributed by atoms with Crippen molar-refractivity contribution in [1.82, 2.24) is 0 Å². The first kappa shape index (κ1) is 9.86. The molecule has 0 spiro atoms. The number of ether oxygens (including phenoxy) is 1. The van der Waals surface area contributed by atoms with Crippen LogP contribution in [0, 0.1) is 0 Å². The monoisotopic (exact) mass is 181 g/mol. The Balaban J connectivity index is 3.08. The van der Waals surface area contributed by atoms with Gasteiger partial charge in [-0.2, -0.15) is 0 Å². The summed E-state index contributed by atoms with van der Waals surface area (Å²) in [6.45, 7) is 0.0457. The van der Waals surface area contributed by atoms with Gasteiger partial charge in [-0.25, -0.2) is 0 Å². The predicted molar refractivity (Wildman–Crippen MR) is 53.2 cm³/mol. The molecule has 1 aromatic carbocycles. The first-order valence-corrected chi connectivity index (χ1v) is 4.14. The summed E-state index contributed by atoms with van der Waals surface area (Å²) in [5.74, 6) is 0.788. The maximum Gasteiger partial charge on any atom is 0.142 e. The van der Waals surface area contributed by atoms with E-state index in [0.29, 0.717) is 0 Å². The summed E-state index contributed by atoms with van der Waals surface area (Å²) in [5, 5.41) is 8.92. The van der Waals surface area contributed by atoms with Gasteiger partial charge < -0.3 is 14.7 Å². The molecule has 0 unspecified atom stereocenters. The van der Waals surface area contributed by atoms with E-state index in [1.165, 1.54) is 0 Å². The summed E-state index contributed by atoms with van der Waals surface area (Å²) in [6, 6.07) is 5.66. The highest BCUT2D eigenvalue weighted by Gasteiger charge is 2.04. The molecule has 0 amide bonds. The van der Waals surface area contributed by atoms with Gasteiger partial charge in [-0.15, -0.1) is 0 Å². The van der Waals surface area contributed by atoms with Gasteiger partial charge in [0.25, 0.3) is 0 Å². The molecular formula is C10H15NO2. The summed E-state index contributed by atoms with van der Waals surface area (Å²) in [4.78, 5) is 1.97. The summed E-state index contributed by atoms with van der Waals surface area (Å²) < 4.78 is 5.20. The third-order valence-electron chi connectivity index (χ3n) is 1.91. The van der Waals surface area contributed by atoms with Crippen molar-refractivity contribution in [2.24, 2.45) is 0 Å². The lowest BCUT2D eigenvalue weighted by Gasteiger charge is -2.16. The molecule has 13 heavy (non-hydrogen) atoms. The Kier molecular flexibility index (Phi) is 3.14. The fraction of sp³-hybridized carbons (Fsp3) is 0.400. The Morgan fingerprint density at radius 1 is 1.38 bits per heavy atom. The summed E-state index contributed by atoms with van der Waals surface area (Å²) >= 11 is 0. The standard InChI is InChI=1S/C10H15NO2/c1-11(2)9-5-4-8(7-12)6-10(9)13-3/h4-6,12H,7H2,1-3H3. The highest BCUT2D eigenvalue weighted by molar-refractivity contribution is 5.58. The SMILES string of the molecule is COc1cc(CO)ccc1N(C)C. The van der Waals surface area contributed by atoms with E-state index in [2.05, 4.69) is 0 Å². The van der Waals surface area contributed by atoms with E-state index < -0.39 is 0 Å². The van der Waals surface area contributed by atoms with Crippen molar-refractivity contribution in [1.29, 1.82) is 0 Å². The van der Waals surface area contributed by atoms with E-state index in [4.69, 9.17) is 9.84 Å². The number of nitrogens with zero attached hydrogens (tertiary/aromatic N) is 1. The molecule has 0 fully saturated rings. The highest BCUT2D eigenvalue weighted by Crippen LogP contribution is 2.27. The Morgan fingerprint density at radius 3 is 2.54 bits per heavy atom. The molecule has 1 rings (SSSR count). The summed E-state index contributed by atoms with van der Waals surface area (Å²) in [6.07, 6.45) is 0. The van der Waals surface area contributed by atoms with Crippen LogP contribution in [0.3, 0.4) is 0 Å². The molecule has 0 atom stereocenters. The fourth-order valence-electron chi connectivity index (χ4n) is 1.19. The second kappa shape index (κ2) is 4.14. The van der Waals surface area contributed by atoms with Crippen molar-refractivity contribution in [3.63, 3.8) is 0 Å². The number of benzene rings is 1. The van der Waals surface area contributed by atoms with Crippen LogP contribution in [0.1, 0.15) is 5.56 Å². The lowest BCUT2D eigenvalue weighted by atomic mass is 10.2. The van der Waals surface area contributed by atoms with Gasteiger partial charge in [-0.1, -0.05) is 6.07 Å². The van der Waals surface area contributed by atoms with Crippen molar-refractivity contribution in [2.45, 2.75) is 6.61 Å². The van der Waals surface area contributed by atoms with Crippen LogP contribution in [-0.4, -0.2) is 26.3 Å². The number of hydrogen-bond donors (Lipinski definition) is 1. The molecule has 72 valence electrons. The number of aliphatic hydroxyl groups is 1. The summed E-state index contributed by atoms with van der Waals surface area (Å²) in [7, 11) is 5.54. The van der Waals surface area contributed by atoms with Crippen LogP contribution in [0.25, 0.3) is 0 Å². The number of rotatable bonds is 3. The Bertz CT molecular complexity index is 284. The smallest absolute Gasteiger partial charge is 0.142 e. The minimum atomic E-state index is 0.0457. The Labute approximate surface area is 78.6 Å². The minimum absolute atomic E-state index is 0.0457. The van der Waals surface area contributed by atoms with Crippen molar-refractivity contribution in [3.8, 4) is 5.75 Å². The quantitative estimate of drug-likeness (QED) is 0.761. The maximum atomic E-state index is 8.92. The number of hydrogen-bond acceptors (Lipinski definition) is 3. The molecule has 0 aliphatic rings. The Morgan fingerprint density at radius 2 is 2.08 bits per heavy atom. The van der Waals surface area contributed by atoms with Gasteiger partial charge in [0.1, 0.15) is 5.75 Å². The molecule has 0 radical (unpaired) electrons. The molecule has 3 nitrogen and oxygen atoms in total. The van der Waals surface area contributed by atoms with Crippen molar-refractivity contribution in [3.05, 3.63) is 23.8 Å². The molecule has 1 N–H and O–H groups in total. The second-order valence-electron chi connectivity index (χ2n) is 3.06. The van der Waals surface area contributed by atoms with Gasteiger partial charge in [0.2, 0.25) is 0 Å². The van der Waals surface area contributed by atoms with Gasteiger partial charge in [0.15, 0.2) is 0 Å². The number of methoxy groups -OCH3 is 1.